The minimum absolute atomic E-state index is 0.0272. The number of benzene rings is 1. The third-order valence-electron chi connectivity index (χ3n) is 4.35. The van der Waals surface area contributed by atoms with Gasteiger partial charge in [-0.05, 0) is 30.7 Å². The highest BCUT2D eigenvalue weighted by Crippen LogP contribution is 2.33. The standard InChI is InChI=1S/C20H16ClF3N2O3/c1-2-29-19(28)16-17(13-8-7-12(21)9-15(13)26-18(16)27)25-10-11-5-3-4-6-14(11)20(22,23)24/h3-9,13,25H,2,10H2,1H3. The molecule has 1 heterocycles. The van der Waals surface area contributed by atoms with Crippen LogP contribution in [0.2, 0.25) is 0 Å². The van der Waals surface area contributed by atoms with Gasteiger partial charge in [0, 0.05) is 17.3 Å². The summed E-state index contributed by atoms with van der Waals surface area (Å²) in [6.07, 6.45) is 0.115. The van der Waals surface area contributed by atoms with Crippen LogP contribution in [-0.4, -0.2) is 24.2 Å². The van der Waals surface area contributed by atoms with Gasteiger partial charge in [0.15, 0.2) is 0 Å². The number of carbonyl (C=O) groups is 2. The van der Waals surface area contributed by atoms with Crippen molar-refractivity contribution >= 4 is 29.2 Å². The van der Waals surface area contributed by atoms with Crippen molar-refractivity contribution < 1.29 is 27.5 Å². The van der Waals surface area contributed by atoms with Gasteiger partial charge in [0.2, 0.25) is 0 Å². The number of halogens is 4. The third-order valence-corrected chi connectivity index (χ3v) is 4.58. The fourth-order valence-corrected chi connectivity index (χ4v) is 3.28. The Morgan fingerprint density at radius 3 is 2.72 bits per heavy atom. The number of esters is 1. The molecule has 0 bridgehead atoms. The van der Waals surface area contributed by atoms with Crippen LogP contribution in [0.15, 0.2) is 63.8 Å². The van der Waals surface area contributed by atoms with E-state index in [0.29, 0.717) is 10.7 Å². The Hall–Kier alpha value is -2.87. The summed E-state index contributed by atoms with van der Waals surface area (Å²) in [6.45, 7) is 1.36. The number of ether oxygens (including phenoxy) is 1. The van der Waals surface area contributed by atoms with Crippen LogP contribution in [0.25, 0.3) is 0 Å². The van der Waals surface area contributed by atoms with Gasteiger partial charge in [-0.15, -0.1) is 0 Å². The molecule has 1 aromatic carbocycles. The summed E-state index contributed by atoms with van der Waals surface area (Å²) in [5.41, 5.74) is -0.736. The number of nitrogens with one attached hydrogen (secondary N) is 1. The predicted molar refractivity (Wildman–Crippen MR) is 101 cm³/mol. The van der Waals surface area contributed by atoms with Gasteiger partial charge in [0.05, 0.1) is 23.8 Å². The van der Waals surface area contributed by atoms with Crippen molar-refractivity contribution in [3.63, 3.8) is 0 Å². The predicted octanol–water partition coefficient (Wildman–Crippen LogP) is 3.90. The third kappa shape index (κ3) is 4.42. The van der Waals surface area contributed by atoms with Crippen molar-refractivity contribution in [1.29, 1.82) is 0 Å². The van der Waals surface area contributed by atoms with E-state index in [2.05, 4.69) is 10.3 Å². The highest BCUT2D eigenvalue weighted by molar-refractivity contribution is 6.34. The van der Waals surface area contributed by atoms with Gasteiger partial charge in [-0.2, -0.15) is 13.2 Å². The van der Waals surface area contributed by atoms with Crippen LogP contribution in [0.4, 0.5) is 13.2 Å². The number of hydrogen-bond acceptors (Lipinski definition) is 4. The smallest absolute Gasteiger partial charge is 0.416 e. The van der Waals surface area contributed by atoms with Crippen molar-refractivity contribution in [2.24, 2.45) is 10.9 Å². The van der Waals surface area contributed by atoms with Crippen LogP contribution < -0.4 is 5.32 Å². The molecule has 1 aromatic rings. The van der Waals surface area contributed by atoms with Gasteiger partial charge in [0.25, 0.3) is 5.91 Å². The van der Waals surface area contributed by atoms with E-state index < -0.39 is 29.5 Å². The SMILES string of the molecule is CCOC(=O)C1=C(NCc2ccccc2C(F)(F)F)C2C=CC(Cl)=CC2=NC1=O. The van der Waals surface area contributed by atoms with Gasteiger partial charge in [-0.1, -0.05) is 35.9 Å². The highest BCUT2D eigenvalue weighted by atomic mass is 35.5. The maximum absolute atomic E-state index is 13.3. The van der Waals surface area contributed by atoms with E-state index in [9.17, 15) is 22.8 Å². The van der Waals surface area contributed by atoms with E-state index >= 15 is 0 Å². The molecule has 2 aliphatic rings. The molecule has 0 radical (unpaired) electrons. The number of alkyl halides is 3. The first-order chi connectivity index (χ1) is 13.7. The summed E-state index contributed by atoms with van der Waals surface area (Å²) >= 11 is 5.95. The Balaban J connectivity index is 1.99. The van der Waals surface area contributed by atoms with Crippen molar-refractivity contribution in [2.45, 2.75) is 19.6 Å². The van der Waals surface area contributed by atoms with Crippen LogP contribution in [0.1, 0.15) is 18.1 Å². The van der Waals surface area contributed by atoms with E-state index in [0.717, 1.165) is 6.07 Å². The monoisotopic (exact) mass is 424 g/mol. The maximum Gasteiger partial charge on any atom is 0.416 e. The quantitative estimate of drug-likeness (QED) is 0.575. The summed E-state index contributed by atoms with van der Waals surface area (Å²) in [5, 5.41) is 3.18. The Labute approximate surface area is 169 Å². The molecule has 29 heavy (non-hydrogen) atoms. The van der Waals surface area contributed by atoms with Crippen LogP contribution in [0.3, 0.4) is 0 Å². The number of aliphatic imine (C=N–C) groups is 1. The van der Waals surface area contributed by atoms with Gasteiger partial charge >= 0.3 is 12.1 Å². The Morgan fingerprint density at radius 1 is 1.31 bits per heavy atom. The lowest BCUT2D eigenvalue weighted by molar-refractivity contribution is -0.140. The summed E-state index contributed by atoms with van der Waals surface area (Å²) < 4.78 is 44.8. The molecule has 1 amide bonds. The van der Waals surface area contributed by atoms with Crippen LogP contribution in [0.5, 0.6) is 0 Å². The number of fused-ring (bicyclic) bond motifs is 1. The van der Waals surface area contributed by atoms with Gasteiger partial charge in [0.1, 0.15) is 5.57 Å². The molecular weight excluding hydrogens is 409 g/mol. The molecule has 1 aliphatic carbocycles. The van der Waals surface area contributed by atoms with E-state index in [-0.39, 0.29) is 30.0 Å². The van der Waals surface area contributed by atoms with Gasteiger partial charge in [-0.25, -0.2) is 9.79 Å². The van der Waals surface area contributed by atoms with Crippen LogP contribution in [-0.2, 0) is 27.0 Å². The normalized spacial score (nSPS) is 18.8. The topological polar surface area (TPSA) is 67.8 Å². The second-order valence-electron chi connectivity index (χ2n) is 6.23. The summed E-state index contributed by atoms with van der Waals surface area (Å²) in [6, 6.07) is 5.07. The highest BCUT2D eigenvalue weighted by Gasteiger charge is 2.36. The molecule has 1 N–H and O–H groups in total. The summed E-state index contributed by atoms with van der Waals surface area (Å²) in [5.74, 6) is -2.36. The Morgan fingerprint density at radius 2 is 2.03 bits per heavy atom. The number of dihydropyridines is 1. The van der Waals surface area contributed by atoms with E-state index in [1.165, 1.54) is 24.3 Å². The molecule has 1 atom stereocenters. The molecule has 0 spiro atoms. The average molecular weight is 425 g/mol. The number of hydrogen-bond donors (Lipinski definition) is 1. The molecule has 0 saturated heterocycles. The first kappa shape index (κ1) is 20.9. The first-order valence-electron chi connectivity index (χ1n) is 8.71. The van der Waals surface area contributed by atoms with Crippen molar-refractivity contribution in [1.82, 2.24) is 5.32 Å². The van der Waals surface area contributed by atoms with Crippen molar-refractivity contribution in [3.05, 3.63) is 69.9 Å². The second-order valence-corrected chi connectivity index (χ2v) is 6.66. The van der Waals surface area contributed by atoms with Crippen LogP contribution >= 0.6 is 11.6 Å². The lowest BCUT2D eigenvalue weighted by atomic mass is 9.88. The molecule has 5 nitrogen and oxygen atoms in total. The van der Waals surface area contributed by atoms with Gasteiger partial charge < -0.3 is 10.1 Å². The number of nitrogens with zero attached hydrogens (tertiary/aromatic N) is 1. The number of rotatable bonds is 5. The molecule has 3 rings (SSSR count). The van der Waals surface area contributed by atoms with E-state index in [4.69, 9.17) is 16.3 Å². The lowest BCUT2D eigenvalue weighted by Crippen LogP contribution is -2.35. The molecule has 9 heteroatoms. The largest absolute Gasteiger partial charge is 0.462 e. The zero-order chi connectivity index (χ0) is 21.2. The molecule has 1 aliphatic heterocycles. The molecule has 1 unspecified atom stereocenters. The first-order valence-corrected chi connectivity index (χ1v) is 9.08. The molecule has 0 aromatic heterocycles. The fraction of sp³-hybridized carbons (Fsp3) is 0.250. The zero-order valence-corrected chi connectivity index (χ0v) is 16.0. The Kier molecular flexibility index (Phi) is 5.93. The zero-order valence-electron chi connectivity index (χ0n) is 15.2. The summed E-state index contributed by atoms with van der Waals surface area (Å²) in [7, 11) is 0. The molecule has 152 valence electrons. The molecule has 0 saturated carbocycles. The number of carbonyl (C=O) groups excluding carboxylic acids is 2. The van der Waals surface area contributed by atoms with E-state index in [1.54, 1.807) is 19.1 Å². The fourth-order valence-electron chi connectivity index (χ4n) is 3.10. The molecular formula is C20H16ClF3N2O3. The van der Waals surface area contributed by atoms with Crippen LogP contribution in [0, 0.1) is 5.92 Å². The number of amides is 1. The van der Waals surface area contributed by atoms with Gasteiger partial charge in [-0.3, -0.25) is 4.79 Å². The summed E-state index contributed by atoms with van der Waals surface area (Å²) in [4.78, 5) is 28.7. The number of allylic oxidation sites excluding steroid dienone is 4. The molecule has 0 fully saturated rings. The Bertz CT molecular complexity index is 977. The maximum atomic E-state index is 13.3. The minimum atomic E-state index is -4.54. The average Bonchev–Trinajstić information content (AvgIpc) is 2.65. The van der Waals surface area contributed by atoms with Crippen molar-refractivity contribution in [3.8, 4) is 0 Å². The minimum Gasteiger partial charge on any atom is -0.462 e. The van der Waals surface area contributed by atoms with Crippen molar-refractivity contribution in [2.75, 3.05) is 6.61 Å². The second kappa shape index (κ2) is 8.24. The van der Waals surface area contributed by atoms with E-state index in [1.807, 2.05) is 0 Å². The lowest BCUT2D eigenvalue weighted by Gasteiger charge is -2.27.